The van der Waals surface area contributed by atoms with Gasteiger partial charge >= 0.3 is 5.97 Å². The van der Waals surface area contributed by atoms with E-state index in [0.717, 1.165) is 18.5 Å². The highest BCUT2D eigenvalue weighted by molar-refractivity contribution is 6.30. The topological polar surface area (TPSA) is 95.7 Å². The van der Waals surface area contributed by atoms with E-state index in [9.17, 15) is 19.5 Å². The monoisotopic (exact) mass is 464 g/mol. The minimum Gasteiger partial charge on any atom is -0.476 e. The quantitative estimate of drug-likeness (QED) is 0.630. The molecule has 3 aromatic rings. The summed E-state index contributed by atoms with van der Waals surface area (Å²) in [6, 6.07) is 14.0. The Balaban J connectivity index is 1.50. The molecule has 1 fully saturated rings. The standard InChI is InChI=1S/C24H21ClN4O4/c25-15-4-6-18(7-5-15)29-22-19(21(26-29)24(32)33)12-14-28(23(22)31)17-10-8-16(9-11-17)27-13-2-1-3-20(27)30/h4-11H,1-3,12-14H2,(H,32,33). The largest absolute Gasteiger partial charge is 0.476 e. The second-order valence-electron chi connectivity index (χ2n) is 8.09. The maximum atomic E-state index is 13.5. The summed E-state index contributed by atoms with van der Waals surface area (Å²) in [5.74, 6) is -1.38. The first kappa shape index (κ1) is 21.2. The zero-order valence-corrected chi connectivity index (χ0v) is 18.5. The predicted octanol–water partition coefficient (Wildman–Crippen LogP) is 3.94. The van der Waals surface area contributed by atoms with Gasteiger partial charge in [-0.2, -0.15) is 5.10 Å². The molecular weight excluding hydrogens is 444 g/mol. The number of nitrogens with zero attached hydrogens (tertiary/aromatic N) is 4. The van der Waals surface area contributed by atoms with Gasteiger partial charge in [-0.05, 0) is 67.8 Å². The zero-order chi connectivity index (χ0) is 23.1. The van der Waals surface area contributed by atoms with E-state index < -0.39 is 5.97 Å². The number of piperidine rings is 1. The summed E-state index contributed by atoms with van der Waals surface area (Å²) in [5.41, 5.74) is 2.59. The second-order valence-corrected chi connectivity index (χ2v) is 8.53. The number of carbonyl (C=O) groups excluding carboxylic acids is 2. The Morgan fingerprint density at radius 3 is 2.12 bits per heavy atom. The molecule has 0 bridgehead atoms. The first-order valence-corrected chi connectivity index (χ1v) is 11.2. The van der Waals surface area contributed by atoms with Gasteiger partial charge in [-0.3, -0.25) is 9.59 Å². The van der Waals surface area contributed by atoms with Crippen LogP contribution in [0.3, 0.4) is 0 Å². The fourth-order valence-electron chi connectivity index (χ4n) is 4.44. The average molecular weight is 465 g/mol. The van der Waals surface area contributed by atoms with Gasteiger partial charge in [0, 0.05) is 41.5 Å². The van der Waals surface area contributed by atoms with E-state index in [-0.39, 0.29) is 23.2 Å². The van der Waals surface area contributed by atoms with Crippen LogP contribution >= 0.6 is 11.6 Å². The van der Waals surface area contributed by atoms with Crippen molar-refractivity contribution in [2.24, 2.45) is 0 Å². The summed E-state index contributed by atoms with van der Waals surface area (Å²) in [6.07, 6.45) is 2.80. The lowest BCUT2D eigenvalue weighted by Gasteiger charge is -2.29. The molecule has 33 heavy (non-hydrogen) atoms. The molecule has 1 saturated heterocycles. The molecule has 2 aromatic carbocycles. The summed E-state index contributed by atoms with van der Waals surface area (Å²) in [7, 11) is 0. The van der Waals surface area contributed by atoms with E-state index in [0.29, 0.717) is 47.9 Å². The summed E-state index contributed by atoms with van der Waals surface area (Å²) in [6.45, 7) is 1.03. The van der Waals surface area contributed by atoms with E-state index >= 15 is 0 Å². The molecule has 3 heterocycles. The van der Waals surface area contributed by atoms with Crippen LogP contribution in [-0.2, 0) is 11.2 Å². The Morgan fingerprint density at radius 1 is 0.848 bits per heavy atom. The number of carbonyl (C=O) groups is 3. The van der Waals surface area contributed by atoms with E-state index in [1.165, 1.54) is 4.68 Å². The lowest BCUT2D eigenvalue weighted by atomic mass is 10.0. The van der Waals surface area contributed by atoms with Gasteiger partial charge in [0.1, 0.15) is 5.69 Å². The fourth-order valence-corrected chi connectivity index (χ4v) is 4.56. The van der Waals surface area contributed by atoms with Crippen LogP contribution in [0, 0.1) is 0 Å². The number of hydrogen-bond acceptors (Lipinski definition) is 4. The van der Waals surface area contributed by atoms with Gasteiger partial charge in [0.2, 0.25) is 5.91 Å². The van der Waals surface area contributed by atoms with Gasteiger partial charge in [-0.25, -0.2) is 9.48 Å². The van der Waals surface area contributed by atoms with Crippen molar-refractivity contribution in [3.63, 3.8) is 0 Å². The average Bonchev–Trinajstić information content (AvgIpc) is 3.21. The van der Waals surface area contributed by atoms with Gasteiger partial charge in [0.05, 0.1) is 5.69 Å². The molecule has 0 spiro atoms. The van der Waals surface area contributed by atoms with Crippen LogP contribution in [-0.4, -0.2) is 45.8 Å². The Morgan fingerprint density at radius 2 is 1.48 bits per heavy atom. The van der Waals surface area contributed by atoms with Crippen molar-refractivity contribution in [1.29, 1.82) is 0 Å². The van der Waals surface area contributed by atoms with E-state index in [1.54, 1.807) is 34.1 Å². The van der Waals surface area contributed by atoms with E-state index in [2.05, 4.69) is 5.10 Å². The number of aromatic carboxylic acids is 1. The molecule has 1 N–H and O–H groups in total. The highest BCUT2D eigenvalue weighted by atomic mass is 35.5. The molecule has 1 aromatic heterocycles. The normalized spacial score (nSPS) is 16.2. The van der Waals surface area contributed by atoms with Crippen molar-refractivity contribution in [1.82, 2.24) is 9.78 Å². The SMILES string of the molecule is O=C(O)c1nn(-c2ccc(Cl)cc2)c2c1CCN(c1ccc(N3CCCCC3=O)cc1)C2=O. The number of carboxylic acid groups (broad SMARTS) is 1. The molecule has 0 atom stereocenters. The first-order valence-electron chi connectivity index (χ1n) is 10.8. The molecule has 9 heteroatoms. The van der Waals surface area contributed by atoms with Crippen molar-refractivity contribution in [3.05, 3.63) is 70.5 Å². The molecule has 0 radical (unpaired) electrons. The Kier molecular flexibility index (Phi) is 5.38. The number of amides is 2. The minimum atomic E-state index is -1.17. The molecule has 0 unspecified atom stereocenters. The van der Waals surface area contributed by atoms with Crippen LogP contribution in [0.5, 0.6) is 0 Å². The number of carboxylic acids is 1. The Hall–Kier alpha value is -3.65. The lowest BCUT2D eigenvalue weighted by Crippen LogP contribution is -2.39. The molecule has 2 aliphatic rings. The zero-order valence-electron chi connectivity index (χ0n) is 17.7. The van der Waals surface area contributed by atoms with Gasteiger partial charge in [0.15, 0.2) is 5.69 Å². The van der Waals surface area contributed by atoms with E-state index in [4.69, 9.17) is 11.6 Å². The van der Waals surface area contributed by atoms with Crippen LogP contribution in [0.1, 0.15) is 45.8 Å². The van der Waals surface area contributed by atoms with Gasteiger partial charge in [-0.15, -0.1) is 0 Å². The maximum absolute atomic E-state index is 13.5. The summed E-state index contributed by atoms with van der Waals surface area (Å²) < 4.78 is 1.38. The number of fused-ring (bicyclic) bond motifs is 1. The minimum absolute atomic E-state index is 0.112. The molecule has 168 valence electrons. The van der Waals surface area contributed by atoms with Crippen molar-refractivity contribution in [2.45, 2.75) is 25.7 Å². The summed E-state index contributed by atoms with van der Waals surface area (Å²) in [5, 5.41) is 14.4. The third-order valence-electron chi connectivity index (χ3n) is 6.09. The van der Waals surface area contributed by atoms with E-state index in [1.807, 2.05) is 24.3 Å². The maximum Gasteiger partial charge on any atom is 0.356 e. The van der Waals surface area contributed by atoms with Crippen molar-refractivity contribution in [3.8, 4) is 5.69 Å². The highest BCUT2D eigenvalue weighted by Crippen LogP contribution is 2.31. The summed E-state index contributed by atoms with van der Waals surface area (Å²) >= 11 is 5.98. The van der Waals surface area contributed by atoms with Crippen LogP contribution in [0.2, 0.25) is 5.02 Å². The van der Waals surface area contributed by atoms with Crippen molar-refractivity contribution >= 4 is 40.8 Å². The van der Waals surface area contributed by atoms with Gasteiger partial charge in [0.25, 0.3) is 5.91 Å². The number of anilines is 2. The fraction of sp³-hybridized carbons (Fsp3) is 0.250. The molecule has 0 aliphatic carbocycles. The first-order chi connectivity index (χ1) is 15.9. The number of halogens is 1. The number of hydrogen-bond donors (Lipinski definition) is 1. The smallest absolute Gasteiger partial charge is 0.356 e. The molecule has 8 nitrogen and oxygen atoms in total. The van der Waals surface area contributed by atoms with Crippen LogP contribution < -0.4 is 9.80 Å². The molecule has 0 saturated carbocycles. The van der Waals surface area contributed by atoms with Crippen LogP contribution in [0.25, 0.3) is 5.69 Å². The summed E-state index contributed by atoms with van der Waals surface area (Å²) in [4.78, 5) is 40.9. The van der Waals surface area contributed by atoms with Crippen molar-refractivity contribution < 1.29 is 19.5 Å². The van der Waals surface area contributed by atoms with Gasteiger partial charge < -0.3 is 14.9 Å². The number of benzene rings is 2. The lowest BCUT2D eigenvalue weighted by molar-refractivity contribution is -0.119. The van der Waals surface area contributed by atoms with Gasteiger partial charge in [-0.1, -0.05) is 11.6 Å². The second kappa shape index (κ2) is 8.37. The highest BCUT2D eigenvalue weighted by Gasteiger charge is 2.35. The third-order valence-corrected chi connectivity index (χ3v) is 6.34. The molecule has 2 aliphatic heterocycles. The third kappa shape index (κ3) is 3.76. The predicted molar refractivity (Wildman–Crippen MR) is 124 cm³/mol. The molecule has 2 amide bonds. The molecular formula is C24H21ClN4O4. The molecule has 5 rings (SSSR count). The van der Waals surface area contributed by atoms with Crippen LogP contribution in [0.15, 0.2) is 48.5 Å². The Labute approximate surface area is 195 Å². The Bertz CT molecular complexity index is 1250. The number of rotatable bonds is 4. The number of aromatic nitrogens is 2. The van der Waals surface area contributed by atoms with Crippen molar-refractivity contribution in [2.75, 3.05) is 22.9 Å². The van der Waals surface area contributed by atoms with Crippen LogP contribution in [0.4, 0.5) is 11.4 Å².